The van der Waals surface area contributed by atoms with Crippen molar-refractivity contribution in [3.05, 3.63) is 25.3 Å². The fraction of sp³-hybridized carbons (Fsp3) is 0.714. The second-order valence-corrected chi connectivity index (χ2v) is 5.17. The van der Waals surface area contributed by atoms with Gasteiger partial charge in [0.25, 0.3) is 0 Å². The summed E-state index contributed by atoms with van der Waals surface area (Å²) in [6, 6.07) is 0. The van der Waals surface area contributed by atoms with Gasteiger partial charge in [-0.3, -0.25) is 0 Å². The topological polar surface area (TPSA) is 35.5 Å². The van der Waals surface area contributed by atoms with Crippen LogP contribution in [0.4, 0.5) is 0 Å². The van der Waals surface area contributed by atoms with E-state index in [2.05, 4.69) is 13.2 Å². The highest BCUT2D eigenvalue weighted by Gasteiger charge is 2.42. The predicted molar refractivity (Wildman–Crippen MR) is 76.8 cm³/mol. The molecule has 18 heavy (non-hydrogen) atoms. The van der Waals surface area contributed by atoms with E-state index in [4.69, 9.17) is 9.05 Å². The summed E-state index contributed by atoms with van der Waals surface area (Å²) in [6.45, 7) is 15.4. The van der Waals surface area contributed by atoms with Gasteiger partial charge in [-0.05, 0) is 25.7 Å². The van der Waals surface area contributed by atoms with Crippen molar-refractivity contribution in [2.45, 2.75) is 64.6 Å². The maximum atomic E-state index is 12.0. The summed E-state index contributed by atoms with van der Waals surface area (Å²) < 4.78 is 23.2. The van der Waals surface area contributed by atoms with Crippen LogP contribution in [0, 0.1) is 0 Å². The highest BCUT2D eigenvalue weighted by Crippen LogP contribution is 2.41. The third-order valence-corrected chi connectivity index (χ3v) is 4.68. The van der Waals surface area contributed by atoms with Gasteiger partial charge in [-0.1, -0.05) is 39.8 Å². The smallest absolute Gasteiger partial charge is 0.108 e. The van der Waals surface area contributed by atoms with Crippen LogP contribution < -0.4 is 0 Å². The van der Waals surface area contributed by atoms with Gasteiger partial charge < -0.3 is 0 Å². The van der Waals surface area contributed by atoms with Crippen molar-refractivity contribution in [2.24, 2.45) is 0 Å². The lowest BCUT2D eigenvalue weighted by Gasteiger charge is -2.23. The zero-order valence-corrected chi connectivity index (χ0v) is 13.0. The predicted octanol–water partition coefficient (Wildman–Crippen LogP) is 5.17. The SMILES string of the molecule is C=CC(CC)(CC)O[P+](=O)OC(C=C)(CC)CC. The normalized spacial score (nSPS) is 12.2. The van der Waals surface area contributed by atoms with E-state index < -0.39 is 19.5 Å². The molecular formula is C14H26O3P+. The summed E-state index contributed by atoms with van der Waals surface area (Å²) in [5, 5.41) is 0. The van der Waals surface area contributed by atoms with E-state index in [9.17, 15) is 4.57 Å². The Labute approximate surface area is 112 Å². The summed E-state index contributed by atoms with van der Waals surface area (Å²) in [5.41, 5.74) is -1.14. The lowest BCUT2D eigenvalue weighted by Crippen LogP contribution is -2.29. The van der Waals surface area contributed by atoms with Gasteiger partial charge in [0.1, 0.15) is 11.2 Å². The molecule has 0 aliphatic heterocycles. The first-order valence-electron chi connectivity index (χ1n) is 6.59. The second-order valence-electron chi connectivity index (χ2n) is 4.36. The Morgan fingerprint density at radius 3 is 1.33 bits per heavy atom. The summed E-state index contributed by atoms with van der Waals surface area (Å²) in [7, 11) is -2.18. The van der Waals surface area contributed by atoms with Gasteiger partial charge in [-0.15, -0.1) is 22.2 Å². The average molecular weight is 273 g/mol. The third-order valence-electron chi connectivity index (χ3n) is 3.65. The molecule has 0 saturated carbocycles. The van der Waals surface area contributed by atoms with E-state index in [1.54, 1.807) is 12.2 Å². The molecule has 0 amide bonds. The Bertz CT molecular complexity index is 263. The van der Waals surface area contributed by atoms with Gasteiger partial charge in [-0.25, -0.2) is 0 Å². The van der Waals surface area contributed by atoms with E-state index in [0.717, 1.165) is 25.7 Å². The minimum atomic E-state index is -2.18. The quantitative estimate of drug-likeness (QED) is 0.407. The molecule has 3 nitrogen and oxygen atoms in total. The largest absolute Gasteiger partial charge is 0.699 e. The van der Waals surface area contributed by atoms with Gasteiger partial charge in [0.2, 0.25) is 0 Å². The summed E-state index contributed by atoms with van der Waals surface area (Å²) in [5.74, 6) is 0. The minimum absolute atomic E-state index is 0.568. The molecule has 0 aromatic carbocycles. The molecule has 0 N–H and O–H groups in total. The highest BCUT2D eigenvalue weighted by atomic mass is 31.1. The van der Waals surface area contributed by atoms with Gasteiger partial charge in [0.05, 0.1) is 0 Å². The molecule has 0 radical (unpaired) electrons. The molecule has 0 aromatic rings. The number of hydrogen-bond donors (Lipinski definition) is 0. The van der Waals surface area contributed by atoms with Crippen LogP contribution in [0.2, 0.25) is 0 Å². The number of rotatable bonds is 10. The van der Waals surface area contributed by atoms with Crippen LogP contribution in [0.5, 0.6) is 0 Å². The molecule has 0 saturated heterocycles. The first kappa shape index (κ1) is 17.5. The lowest BCUT2D eigenvalue weighted by molar-refractivity contribution is 0.0481. The summed E-state index contributed by atoms with van der Waals surface area (Å²) in [4.78, 5) is 0. The van der Waals surface area contributed by atoms with Crippen molar-refractivity contribution in [3.8, 4) is 0 Å². The van der Waals surface area contributed by atoms with Crippen molar-refractivity contribution in [1.29, 1.82) is 0 Å². The van der Waals surface area contributed by atoms with Gasteiger partial charge in [-0.2, -0.15) is 0 Å². The van der Waals surface area contributed by atoms with E-state index in [-0.39, 0.29) is 0 Å². The monoisotopic (exact) mass is 273 g/mol. The molecule has 0 bridgehead atoms. The molecule has 0 aliphatic carbocycles. The summed E-state index contributed by atoms with van der Waals surface area (Å²) in [6.07, 6.45) is 6.29. The van der Waals surface area contributed by atoms with Crippen LogP contribution in [0.25, 0.3) is 0 Å². The van der Waals surface area contributed by atoms with Gasteiger partial charge in [0, 0.05) is 4.57 Å². The van der Waals surface area contributed by atoms with Gasteiger partial charge >= 0.3 is 8.25 Å². The molecular weight excluding hydrogens is 247 g/mol. The zero-order valence-electron chi connectivity index (χ0n) is 12.1. The van der Waals surface area contributed by atoms with Crippen LogP contribution in [-0.4, -0.2) is 11.2 Å². The maximum absolute atomic E-state index is 12.0. The Balaban J connectivity index is 4.77. The molecule has 4 heteroatoms. The Kier molecular flexibility index (Phi) is 7.61. The standard InChI is InChI=1S/C14H26O3P/c1-7-13(8-2,9-3)16-18(15)17-14(10-4,11-5)12-6/h7,10H,1,4,8-9,11-12H2,2-3,5-6H3/q+1. The lowest BCUT2D eigenvalue weighted by atomic mass is 9.98. The molecule has 0 aliphatic rings. The van der Waals surface area contributed by atoms with Crippen molar-refractivity contribution < 1.29 is 13.6 Å². The van der Waals surface area contributed by atoms with Crippen molar-refractivity contribution in [3.63, 3.8) is 0 Å². The zero-order chi connectivity index (χ0) is 14.2. The Morgan fingerprint density at radius 2 is 1.17 bits per heavy atom. The van der Waals surface area contributed by atoms with E-state index >= 15 is 0 Å². The van der Waals surface area contributed by atoms with E-state index in [0.29, 0.717) is 0 Å². The van der Waals surface area contributed by atoms with Crippen molar-refractivity contribution >= 4 is 8.25 Å². The van der Waals surface area contributed by atoms with Crippen LogP contribution >= 0.6 is 8.25 Å². The van der Waals surface area contributed by atoms with Crippen molar-refractivity contribution in [1.82, 2.24) is 0 Å². The third kappa shape index (κ3) is 4.31. The molecule has 104 valence electrons. The molecule has 0 aromatic heterocycles. The fourth-order valence-corrected chi connectivity index (χ4v) is 3.02. The minimum Gasteiger partial charge on any atom is -0.108 e. The van der Waals surface area contributed by atoms with E-state index in [1.807, 2.05) is 27.7 Å². The van der Waals surface area contributed by atoms with Crippen LogP contribution in [-0.2, 0) is 13.6 Å². The van der Waals surface area contributed by atoms with Crippen LogP contribution in [0.15, 0.2) is 25.3 Å². The maximum Gasteiger partial charge on any atom is 0.699 e. The second kappa shape index (κ2) is 7.83. The molecule has 0 rings (SSSR count). The fourth-order valence-electron chi connectivity index (χ4n) is 1.73. The van der Waals surface area contributed by atoms with Crippen LogP contribution in [0.3, 0.4) is 0 Å². The average Bonchev–Trinajstić information content (AvgIpc) is 2.42. The molecule has 0 heterocycles. The molecule has 0 unspecified atom stereocenters. The Hall–Kier alpha value is -0.500. The van der Waals surface area contributed by atoms with Crippen molar-refractivity contribution in [2.75, 3.05) is 0 Å². The molecule has 0 atom stereocenters. The molecule has 0 spiro atoms. The molecule has 0 fully saturated rings. The number of hydrogen-bond acceptors (Lipinski definition) is 3. The highest BCUT2D eigenvalue weighted by molar-refractivity contribution is 7.33. The summed E-state index contributed by atoms with van der Waals surface area (Å²) >= 11 is 0. The first-order valence-corrected chi connectivity index (χ1v) is 7.69. The Morgan fingerprint density at radius 1 is 0.889 bits per heavy atom. The first-order chi connectivity index (χ1) is 8.46. The van der Waals surface area contributed by atoms with E-state index in [1.165, 1.54) is 0 Å². The van der Waals surface area contributed by atoms with Gasteiger partial charge in [0.15, 0.2) is 0 Å². The van der Waals surface area contributed by atoms with Crippen LogP contribution in [0.1, 0.15) is 53.4 Å².